The Morgan fingerprint density at radius 1 is 0.228 bits per heavy atom. The van der Waals surface area contributed by atoms with Crippen molar-refractivity contribution in [1.29, 1.82) is 0 Å². The molecule has 19 nitrogen and oxygen atoms in total. The van der Waals surface area contributed by atoms with Crippen molar-refractivity contribution in [3.05, 3.63) is 0 Å². The zero-order valence-corrected chi connectivity index (χ0v) is 48.1. The first kappa shape index (κ1) is 86.5. The van der Waals surface area contributed by atoms with Gasteiger partial charge in [0.2, 0.25) is 0 Å². The Bertz CT molecular complexity index is 2640. The summed E-state index contributed by atoms with van der Waals surface area (Å²) in [6.07, 6.45) is -148. The summed E-state index contributed by atoms with van der Waals surface area (Å²) in [5.74, 6) is -37.2. The molecule has 0 aromatic carbocycles. The SMILES string of the molecule is FC(F)(CCOCC1CO1)OC(F)(F)C(C(F)(F)OC(F)(F)C(F)(F)COCC1CO1)(C(F)(F)OC(F)(F)C(F)(F)COCC1CO1)C(F)(F)OC(F)(F)C(C(F)(F)OC(F)(F)C(F)(F)COCC1CO1)(C(F)(F)OC(F)(F)C(F)(F)COC1CO1)C(F)(F)OC(F)(F)C(F)(F)COC1CO1. The van der Waals surface area contributed by atoms with E-state index in [1.165, 1.54) is 14.2 Å². The minimum Gasteiger partial charge on any atom is -0.378 e. The Morgan fingerprint density at radius 3 is 0.624 bits per heavy atom. The maximum atomic E-state index is 17.5. The number of halogens is 38. The molecule has 0 saturated carbocycles. The Morgan fingerprint density at radius 2 is 0.416 bits per heavy atom. The quantitative estimate of drug-likeness (QED) is 0.0316. The van der Waals surface area contributed by atoms with E-state index in [-0.39, 0.29) is 0 Å². The lowest BCUT2D eigenvalue weighted by Gasteiger charge is -2.54. The van der Waals surface area contributed by atoms with Crippen molar-refractivity contribution in [3.8, 4) is 0 Å². The van der Waals surface area contributed by atoms with E-state index in [4.69, 9.17) is 0 Å². The summed E-state index contributed by atoms with van der Waals surface area (Å²) in [6.45, 7) is -31.8. The molecule has 6 fully saturated rings. The van der Waals surface area contributed by atoms with Crippen LogP contribution in [0.15, 0.2) is 0 Å². The second-order valence-corrected chi connectivity index (χ2v) is 21.4. The van der Waals surface area contributed by atoms with E-state index in [0.29, 0.717) is 0 Å². The fraction of sp³-hybridized carbons (Fsp3) is 1.00. The van der Waals surface area contributed by atoms with Crippen LogP contribution in [0.2, 0.25) is 0 Å². The van der Waals surface area contributed by atoms with Crippen LogP contribution in [0.3, 0.4) is 0 Å². The third kappa shape index (κ3) is 18.8. The lowest BCUT2D eigenvalue weighted by Crippen LogP contribution is -2.81. The fourth-order valence-corrected chi connectivity index (χ4v) is 7.33. The molecule has 101 heavy (non-hydrogen) atoms. The molecule has 6 aliphatic heterocycles. The van der Waals surface area contributed by atoms with Crippen molar-refractivity contribution >= 4 is 0 Å². The highest BCUT2D eigenvalue weighted by Crippen LogP contribution is 2.74. The second-order valence-electron chi connectivity index (χ2n) is 21.4. The summed E-state index contributed by atoms with van der Waals surface area (Å²) in [4.78, 5) is 0. The van der Waals surface area contributed by atoms with Crippen LogP contribution in [0.5, 0.6) is 0 Å². The Hall–Kier alpha value is -3.42. The molecule has 596 valence electrons. The third-order valence-corrected chi connectivity index (χ3v) is 13.2. The normalized spacial score (nSPS) is 24.2. The first-order valence-electron chi connectivity index (χ1n) is 26.5. The lowest BCUT2D eigenvalue weighted by molar-refractivity contribution is -0.646. The van der Waals surface area contributed by atoms with Gasteiger partial charge in [0.05, 0.1) is 65.9 Å². The number of hydrogen-bond donors (Lipinski definition) is 0. The van der Waals surface area contributed by atoms with E-state index in [2.05, 4.69) is 56.8 Å². The van der Waals surface area contributed by atoms with Crippen molar-refractivity contribution in [2.24, 2.45) is 10.8 Å². The highest BCUT2D eigenvalue weighted by molar-refractivity contribution is 5.13. The molecule has 6 rings (SSSR count). The van der Waals surface area contributed by atoms with Gasteiger partial charge in [-0.2, -0.15) is 167 Å². The van der Waals surface area contributed by atoms with Crippen LogP contribution >= 0.6 is 0 Å². The number of epoxide rings is 6. The van der Waals surface area contributed by atoms with Gasteiger partial charge < -0.3 is 56.8 Å². The topological polar surface area (TPSA) is 195 Å². The highest BCUT2D eigenvalue weighted by atomic mass is 19.4. The molecule has 6 atom stereocenters. The minimum atomic E-state index is -11.1. The standard InChI is InChI=1S/C44H40F38O19/c45-24(46,13-84-4-19-8-88-19)32(57,58)96-38(69,70)30(37(67,68)95-29(55,56)1-2-83-3-18-7-87-18,39(71,72)97-33(59,60)25(47,48)14-85-5-20-9-89-20)43(79,80)101-44(81,82)31(41(75,76)99-35(63,64)27(51,52)16-93-22-11-91-22,42(77,78)100-36(65,66)28(53,54)17-94-23-12-92-23)40(73,74)98-34(61,62)26(49,50)15-86-6-21-10-90-21/h18-23H,1-17H2. The van der Waals surface area contributed by atoms with E-state index < -0.39 is 275 Å². The first-order chi connectivity index (χ1) is 45.2. The predicted molar refractivity (Wildman–Crippen MR) is 225 cm³/mol. The molecule has 0 aliphatic carbocycles. The Kier molecular flexibility index (Phi) is 24.2. The summed E-state index contributed by atoms with van der Waals surface area (Å²) in [6, 6.07) is 0. The molecule has 0 radical (unpaired) electrons. The first-order valence-corrected chi connectivity index (χ1v) is 26.5. The summed E-state index contributed by atoms with van der Waals surface area (Å²) in [7, 11) is 0. The van der Waals surface area contributed by atoms with Crippen molar-refractivity contribution in [2.45, 2.75) is 159 Å². The summed E-state index contributed by atoms with van der Waals surface area (Å²) in [5.41, 5.74) is -22.0. The van der Waals surface area contributed by atoms with Crippen molar-refractivity contribution in [3.63, 3.8) is 0 Å². The van der Waals surface area contributed by atoms with Crippen molar-refractivity contribution < 1.29 is 257 Å². The van der Waals surface area contributed by atoms with Gasteiger partial charge in [-0.25, -0.2) is 23.7 Å². The smallest absolute Gasteiger partial charge is 0.378 e. The molecule has 6 saturated heterocycles. The molecule has 0 aromatic heterocycles. The van der Waals surface area contributed by atoms with Crippen LogP contribution in [0.25, 0.3) is 0 Å². The number of alkyl halides is 38. The summed E-state index contributed by atoms with van der Waals surface area (Å²) >= 11 is 0. The zero-order valence-electron chi connectivity index (χ0n) is 48.1. The Labute approximate surface area is 532 Å². The molecule has 6 heterocycles. The second kappa shape index (κ2) is 28.3. The van der Waals surface area contributed by atoms with Crippen LogP contribution < -0.4 is 0 Å². The van der Waals surface area contributed by atoms with Gasteiger partial charge in [-0.3, -0.25) is 9.47 Å². The van der Waals surface area contributed by atoms with E-state index in [0.717, 1.165) is 4.74 Å². The van der Waals surface area contributed by atoms with Gasteiger partial charge in [-0.05, 0) is 0 Å². The maximum absolute atomic E-state index is 17.5. The average molecular weight is 1590 g/mol. The van der Waals surface area contributed by atoms with Crippen LogP contribution in [0.4, 0.5) is 167 Å². The van der Waals surface area contributed by atoms with Crippen LogP contribution in [-0.4, -0.2) is 258 Å². The van der Waals surface area contributed by atoms with Crippen LogP contribution in [0, 0.1) is 10.8 Å². The van der Waals surface area contributed by atoms with Gasteiger partial charge >= 0.3 is 126 Å². The van der Waals surface area contributed by atoms with Gasteiger partial charge in [0.1, 0.15) is 70.7 Å². The fourth-order valence-electron chi connectivity index (χ4n) is 7.33. The number of hydrogen-bond acceptors (Lipinski definition) is 19. The van der Waals surface area contributed by atoms with Gasteiger partial charge in [-0.15, -0.1) is 0 Å². The average Bonchev–Trinajstić information content (AvgIpc) is 1.25. The molecule has 6 aliphatic rings. The van der Waals surface area contributed by atoms with E-state index >= 15 is 167 Å². The van der Waals surface area contributed by atoms with E-state index in [9.17, 15) is 0 Å². The molecule has 0 spiro atoms. The molecule has 6 unspecified atom stereocenters. The lowest BCUT2D eigenvalue weighted by atomic mass is 9.78. The van der Waals surface area contributed by atoms with E-state index in [1.54, 1.807) is 9.47 Å². The highest BCUT2D eigenvalue weighted by Gasteiger charge is 3.02. The minimum absolute atomic E-state index is 0.497. The summed E-state index contributed by atoms with van der Waals surface area (Å²) in [5, 5.41) is 0. The van der Waals surface area contributed by atoms with Crippen molar-refractivity contribution in [1.82, 2.24) is 0 Å². The van der Waals surface area contributed by atoms with Gasteiger partial charge in [-0.1, -0.05) is 0 Å². The maximum Gasteiger partial charge on any atom is 0.426 e. The molecule has 0 amide bonds. The Balaban J connectivity index is 1.76. The molecule has 0 aromatic rings. The van der Waals surface area contributed by atoms with E-state index in [1.807, 2.05) is 4.74 Å². The van der Waals surface area contributed by atoms with Gasteiger partial charge in [0.25, 0.3) is 0 Å². The third-order valence-electron chi connectivity index (χ3n) is 13.2. The molecule has 0 bridgehead atoms. The molecular formula is C44H40F38O19. The summed E-state index contributed by atoms with van der Waals surface area (Å²) < 4.78 is 669. The molecular weight excluding hydrogens is 1550 g/mol. The molecule has 57 heteroatoms. The van der Waals surface area contributed by atoms with Gasteiger partial charge in [0.15, 0.2) is 12.6 Å². The molecule has 0 N–H and O–H groups in total. The largest absolute Gasteiger partial charge is 0.426 e. The zero-order chi connectivity index (χ0) is 77.4. The number of rotatable bonds is 50. The van der Waals surface area contributed by atoms with Gasteiger partial charge in [0, 0.05) is 0 Å². The van der Waals surface area contributed by atoms with Crippen LogP contribution in [0.1, 0.15) is 6.42 Å². The number of ether oxygens (including phenoxy) is 19. The van der Waals surface area contributed by atoms with Crippen molar-refractivity contribution in [2.75, 3.05) is 106 Å². The predicted octanol–water partition coefficient (Wildman–Crippen LogP) is 11.3. The van der Waals surface area contributed by atoms with Crippen LogP contribution in [-0.2, 0) is 90.0 Å². The monoisotopic (exact) mass is 1590 g/mol.